The van der Waals surface area contributed by atoms with E-state index in [9.17, 15) is 4.79 Å². The summed E-state index contributed by atoms with van der Waals surface area (Å²) in [6, 6.07) is 7.61. The van der Waals surface area contributed by atoms with Gasteiger partial charge in [-0.05, 0) is 25.5 Å². The monoisotopic (exact) mass is 218 g/mol. The molecule has 1 aromatic heterocycles. The molecule has 16 heavy (non-hydrogen) atoms. The lowest BCUT2D eigenvalue weighted by Crippen LogP contribution is -2.18. The van der Waals surface area contributed by atoms with Gasteiger partial charge in [0, 0.05) is 5.69 Å². The predicted octanol–water partition coefficient (Wildman–Crippen LogP) is 1.27. The molecule has 1 heterocycles. The molecule has 0 unspecified atom stereocenters. The third-order valence-corrected chi connectivity index (χ3v) is 2.71. The summed E-state index contributed by atoms with van der Waals surface area (Å²) in [5.74, 6) is 0. The van der Waals surface area contributed by atoms with E-state index in [1.54, 1.807) is 6.92 Å². The van der Waals surface area contributed by atoms with Crippen LogP contribution < -0.4 is 5.56 Å². The highest BCUT2D eigenvalue weighted by molar-refractivity contribution is 5.40. The molecule has 0 amide bonds. The van der Waals surface area contributed by atoms with E-state index in [2.05, 4.69) is 5.10 Å². The minimum atomic E-state index is -0.236. The van der Waals surface area contributed by atoms with E-state index in [0.29, 0.717) is 11.3 Å². The summed E-state index contributed by atoms with van der Waals surface area (Å²) >= 11 is 0. The maximum atomic E-state index is 11.9. The molecule has 4 nitrogen and oxygen atoms in total. The number of aryl methyl sites for hydroxylation is 2. The minimum absolute atomic E-state index is 0.186. The number of para-hydroxylation sites is 1. The highest BCUT2D eigenvalue weighted by Gasteiger charge is 2.11. The molecule has 0 atom stereocenters. The molecule has 0 saturated heterocycles. The average Bonchev–Trinajstić information content (AvgIpc) is 2.55. The van der Waals surface area contributed by atoms with Crippen LogP contribution in [0.3, 0.4) is 0 Å². The molecule has 2 aromatic rings. The number of aliphatic hydroxyl groups is 1. The number of hydrogen-bond acceptors (Lipinski definition) is 2. The second-order valence-corrected chi connectivity index (χ2v) is 3.80. The van der Waals surface area contributed by atoms with E-state index < -0.39 is 0 Å². The molecule has 0 aliphatic carbocycles. The van der Waals surface area contributed by atoms with Crippen LogP contribution in [0.15, 0.2) is 29.1 Å². The summed E-state index contributed by atoms with van der Waals surface area (Å²) in [4.78, 5) is 11.9. The third-order valence-electron chi connectivity index (χ3n) is 2.71. The fourth-order valence-corrected chi connectivity index (χ4v) is 1.75. The molecule has 0 radical (unpaired) electrons. The lowest BCUT2D eigenvalue weighted by atomic mass is 10.2. The zero-order valence-corrected chi connectivity index (χ0v) is 9.32. The number of hydrogen-bond donors (Lipinski definition) is 2. The van der Waals surface area contributed by atoms with Gasteiger partial charge in [-0.3, -0.25) is 9.89 Å². The van der Waals surface area contributed by atoms with E-state index in [0.717, 1.165) is 11.3 Å². The van der Waals surface area contributed by atoms with Crippen LogP contribution in [-0.2, 0) is 6.61 Å². The molecule has 0 spiro atoms. The number of nitrogens with one attached hydrogen (secondary N) is 1. The van der Waals surface area contributed by atoms with Crippen LogP contribution in [0.4, 0.5) is 0 Å². The van der Waals surface area contributed by atoms with Gasteiger partial charge in [-0.2, -0.15) is 0 Å². The Labute approximate surface area is 93.1 Å². The molecule has 0 aliphatic heterocycles. The Morgan fingerprint density at radius 2 is 2.00 bits per heavy atom. The van der Waals surface area contributed by atoms with E-state index in [4.69, 9.17) is 5.11 Å². The first-order valence-corrected chi connectivity index (χ1v) is 5.12. The van der Waals surface area contributed by atoms with Crippen LogP contribution in [0.5, 0.6) is 0 Å². The topological polar surface area (TPSA) is 58.0 Å². The lowest BCUT2D eigenvalue weighted by molar-refractivity contribution is 0.280. The van der Waals surface area contributed by atoms with Gasteiger partial charge in [0.15, 0.2) is 0 Å². The number of aromatic amines is 1. The van der Waals surface area contributed by atoms with Crippen molar-refractivity contribution in [2.45, 2.75) is 20.5 Å². The van der Waals surface area contributed by atoms with Gasteiger partial charge >= 0.3 is 0 Å². The molecule has 0 aliphatic rings. The summed E-state index contributed by atoms with van der Waals surface area (Å²) in [6.07, 6.45) is 0. The van der Waals surface area contributed by atoms with E-state index in [-0.39, 0.29) is 12.2 Å². The summed E-state index contributed by atoms with van der Waals surface area (Å²) in [6.45, 7) is 3.48. The highest BCUT2D eigenvalue weighted by atomic mass is 16.3. The fourth-order valence-electron chi connectivity index (χ4n) is 1.75. The smallest absolute Gasteiger partial charge is 0.277 e. The number of H-pyrrole nitrogens is 1. The second kappa shape index (κ2) is 3.98. The van der Waals surface area contributed by atoms with Crippen molar-refractivity contribution < 1.29 is 5.11 Å². The zero-order valence-electron chi connectivity index (χ0n) is 9.32. The molecular weight excluding hydrogens is 204 g/mol. The molecule has 0 bridgehead atoms. The van der Waals surface area contributed by atoms with Crippen LogP contribution in [0.2, 0.25) is 0 Å². The van der Waals surface area contributed by atoms with Crippen molar-refractivity contribution in [3.8, 4) is 5.69 Å². The maximum Gasteiger partial charge on any atom is 0.277 e. The van der Waals surface area contributed by atoms with Crippen molar-refractivity contribution in [1.82, 2.24) is 9.78 Å². The Balaban J connectivity index is 2.67. The largest absolute Gasteiger partial charge is 0.391 e. The second-order valence-electron chi connectivity index (χ2n) is 3.80. The number of nitrogens with zero attached hydrogens (tertiary/aromatic N) is 1. The molecule has 84 valence electrons. The van der Waals surface area contributed by atoms with Crippen LogP contribution in [-0.4, -0.2) is 14.9 Å². The van der Waals surface area contributed by atoms with Gasteiger partial charge in [-0.15, -0.1) is 0 Å². The molecule has 2 rings (SSSR count). The first-order valence-electron chi connectivity index (χ1n) is 5.12. The Hall–Kier alpha value is -1.81. The molecule has 2 N–H and O–H groups in total. The van der Waals surface area contributed by atoms with Gasteiger partial charge in [0.2, 0.25) is 0 Å². The van der Waals surface area contributed by atoms with E-state index in [1.807, 2.05) is 31.2 Å². The van der Waals surface area contributed by atoms with Gasteiger partial charge in [0.25, 0.3) is 5.56 Å². The highest BCUT2D eigenvalue weighted by Crippen LogP contribution is 2.11. The van der Waals surface area contributed by atoms with Crippen molar-refractivity contribution >= 4 is 0 Å². The van der Waals surface area contributed by atoms with E-state index in [1.165, 1.54) is 4.68 Å². The van der Waals surface area contributed by atoms with Crippen LogP contribution in [0.25, 0.3) is 5.69 Å². The van der Waals surface area contributed by atoms with Crippen LogP contribution >= 0.6 is 0 Å². The summed E-state index contributed by atoms with van der Waals surface area (Å²) in [5, 5.41) is 12.1. The maximum absolute atomic E-state index is 11.9. The normalized spacial score (nSPS) is 10.7. The Kier molecular flexibility index (Phi) is 2.66. The van der Waals surface area contributed by atoms with E-state index >= 15 is 0 Å². The van der Waals surface area contributed by atoms with Gasteiger partial charge < -0.3 is 5.11 Å². The zero-order chi connectivity index (χ0) is 11.7. The Bertz CT molecular complexity index is 567. The predicted molar refractivity (Wildman–Crippen MR) is 61.8 cm³/mol. The van der Waals surface area contributed by atoms with Gasteiger partial charge in [-0.25, -0.2) is 4.68 Å². The average molecular weight is 218 g/mol. The van der Waals surface area contributed by atoms with Crippen molar-refractivity contribution in [3.05, 3.63) is 51.4 Å². The van der Waals surface area contributed by atoms with Crippen molar-refractivity contribution in [2.75, 3.05) is 0 Å². The first kappa shape index (κ1) is 10.7. The van der Waals surface area contributed by atoms with Crippen molar-refractivity contribution in [2.24, 2.45) is 0 Å². The van der Waals surface area contributed by atoms with Gasteiger partial charge in [0.05, 0.1) is 17.9 Å². The van der Waals surface area contributed by atoms with Crippen molar-refractivity contribution in [1.29, 1.82) is 0 Å². The summed E-state index contributed by atoms with van der Waals surface area (Å²) in [5.41, 5.74) is 2.76. The lowest BCUT2D eigenvalue weighted by Gasteiger charge is -2.04. The Morgan fingerprint density at radius 1 is 1.31 bits per heavy atom. The minimum Gasteiger partial charge on any atom is -0.391 e. The standard InChI is InChI=1S/C12H14N2O2/c1-8-5-3-4-6-11(8)14-12(16)10(7-15)9(2)13-14/h3-6,13,15H,7H2,1-2H3. The molecule has 4 heteroatoms. The van der Waals surface area contributed by atoms with Gasteiger partial charge in [-0.1, -0.05) is 18.2 Å². The molecule has 0 fully saturated rings. The number of rotatable bonds is 2. The molecular formula is C12H14N2O2. The summed E-state index contributed by atoms with van der Waals surface area (Å²) in [7, 11) is 0. The Morgan fingerprint density at radius 3 is 2.56 bits per heavy atom. The van der Waals surface area contributed by atoms with Gasteiger partial charge in [0.1, 0.15) is 0 Å². The quantitative estimate of drug-likeness (QED) is 0.797. The summed E-state index contributed by atoms with van der Waals surface area (Å²) < 4.78 is 1.47. The van der Waals surface area contributed by atoms with Crippen molar-refractivity contribution in [3.63, 3.8) is 0 Å². The molecule has 0 saturated carbocycles. The van der Waals surface area contributed by atoms with Crippen LogP contribution in [0, 0.1) is 13.8 Å². The van der Waals surface area contributed by atoms with Crippen LogP contribution in [0.1, 0.15) is 16.8 Å². The SMILES string of the molecule is Cc1ccccc1-n1[nH]c(C)c(CO)c1=O. The number of aromatic nitrogens is 2. The number of aliphatic hydroxyl groups excluding tert-OH is 1. The molecule has 1 aromatic carbocycles. The first-order chi connectivity index (χ1) is 7.65. The fraction of sp³-hybridized carbons (Fsp3) is 0.250. The third kappa shape index (κ3) is 1.57. The number of benzene rings is 1.